The molecule has 0 aliphatic carbocycles. The van der Waals surface area contributed by atoms with E-state index in [2.05, 4.69) is 20.8 Å². The Hall–Kier alpha value is 1.46. The summed E-state index contributed by atoms with van der Waals surface area (Å²) in [5.74, 6) is 0. The van der Waals surface area contributed by atoms with E-state index in [1.54, 1.807) is 0 Å². The minimum Gasteiger partial charge on any atom is -1.00 e. The third-order valence-electron chi connectivity index (χ3n) is 0.852. The first-order valence-electron chi connectivity index (χ1n) is 2.64. The molecule has 0 N–H and O–H groups in total. The normalized spacial score (nSPS) is 9.33. The van der Waals surface area contributed by atoms with Crippen molar-refractivity contribution in [2.75, 3.05) is 6.61 Å². The zero-order valence-corrected chi connectivity index (χ0v) is 9.98. The molecule has 0 aromatic heterocycles. The summed E-state index contributed by atoms with van der Waals surface area (Å²) < 4.78 is 0. The minimum atomic E-state index is 0. The Morgan fingerprint density at radius 2 is 1.56 bits per heavy atom. The van der Waals surface area contributed by atoms with Gasteiger partial charge in [0, 0.05) is 0 Å². The summed E-state index contributed by atoms with van der Waals surface area (Å²) >= 11 is 0. The van der Waals surface area contributed by atoms with E-state index in [0.29, 0.717) is 0 Å². The third-order valence-corrected chi connectivity index (χ3v) is 0.852. The Balaban J connectivity index is -0.000000180. The number of hydrogen-bond acceptors (Lipinski definition) is 1. The molecule has 3 heteroatoms. The standard InChI is InChI=1S/C6H13O.HI.Mg/c1-6(2,3)4-5-7;;/h4-5H2,1-3H3;1H;/q-1;;+2/p-1. The van der Waals surface area contributed by atoms with Gasteiger partial charge in [-0.2, -0.15) is 0 Å². The molecule has 0 aliphatic rings. The molecule has 9 heavy (non-hydrogen) atoms. The van der Waals surface area contributed by atoms with Gasteiger partial charge in [0.2, 0.25) is 0 Å². The molecule has 0 saturated heterocycles. The van der Waals surface area contributed by atoms with Crippen LogP contribution in [0.5, 0.6) is 0 Å². The van der Waals surface area contributed by atoms with Gasteiger partial charge in [-0.15, -0.1) is 6.61 Å². The van der Waals surface area contributed by atoms with Crippen molar-refractivity contribution < 1.29 is 29.1 Å². The van der Waals surface area contributed by atoms with E-state index < -0.39 is 0 Å². The minimum absolute atomic E-state index is 0. The van der Waals surface area contributed by atoms with Gasteiger partial charge in [-0.3, -0.25) is 0 Å². The van der Waals surface area contributed by atoms with Gasteiger partial charge < -0.3 is 29.1 Å². The van der Waals surface area contributed by atoms with Crippen molar-refractivity contribution in [1.29, 1.82) is 0 Å². The Bertz CT molecular complexity index is 51.5. The first-order chi connectivity index (χ1) is 3.06. The molecule has 1 nitrogen and oxygen atoms in total. The molecule has 0 unspecified atom stereocenters. The Morgan fingerprint density at radius 1 is 1.22 bits per heavy atom. The molecule has 0 atom stereocenters. The van der Waals surface area contributed by atoms with Crippen LogP contribution in [0, 0.1) is 5.41 Å². The molecule has 0 radical (unpaired) electrons. The summed E-state index contributed by atoms with van der Waals surface area (Å²) in [6.45, 7) is 6.28. The van der Waals surface area contributed by atoms with E-state index in [1.165, 1.54) is 0 Å². The monoisotopic (exact) mass is 252 g/mol. The van der Waals surface area contributed by atoms with Crippen molar-refractivity contribution in [3.05, 3.63) is 0 Å². The first kappa shape index (κ1) is 16.8. The van der Waals surface area contributed by atoms with Crippen LogP contribution in [-0.4, -0.2) is 29.7 Å². The SMILES string of the molecule is CC(C)(C)CC[O-].[I-].[Mg+2]. The first-order valence-corrected chi connectivity index (χ1v) is 2.64. The molecule has 0 bridgehead atoms. The van der Waals surface area contributed by atoms with Crippen LogP contribution in [0.1, 0.15) is 27.2 Å². The molecular formula is C6H13IMgO. The molecule has 0 aliphatic heterocycles. The Morgan fingerprint density at radius 3 is 1.56 bits per heavy atom. The van der Waals surface area contributed by atoms with Crippen LogP contribution in [0.15, 0.2) is 0 Å². The molecule has 52 valence electrons. The second-order valence-corrected chi connectivity index (χ2v) is 3.01. The van der Waals surface area contributed by atoms with Crippen LogP contribution in [0.4, 0.5) is 0 Å². The largest absolute Gasteiger partial charge is 2.00 e. The van der Waals surface area contributed by atoms with Gasteiger partial charge in [0.15, 0.2) is 0 Å². The fourth-order valence-corrected chi connectivity index (χ4v) is 0.306. The average molecular weight is 252 g/mol. The van der Waals surface area contributed by atoms with E-state index in [-0.39, 0.29) is 59.1 Å². The van der Waals surface area contributed by atoms with Crippen LogP contribution in [0.2, 0.25) is 0 Å². The van der Waals surface area contributed by atoms with E-state index >= 15 is 0 Å². The van der Waals surface area contributed by atoms with Crippen molar-refractivity contribution in [2.45, 2.75) is 27.2 Å². The van der Waals surface area contributed by atoms with Gasteiger partial charge in [-0.1, -0.05) is 27.2 Å². The molecule has 0 amide bonds. The van der Waals surface area contributed by atoms with Crippen LogP contribution in [0.3, 0.4) is 0 Å². The van der Waals surface area contributed by atoms with Crippen LogP contribution in [0.25, 0.3) is 0 Å². The van der Waals surface area contributed by atoms with E-state index in [9.17, 15) is 5.11 Å². The third kappa shape index (κ3) is 17.7. The Labute approximate surface area is 90.8 Å². The summed E-state index contributed by atoms with van der Waals surface area (Å²) in [7, 11) is 0. The van der Waals surface area contributed by atoms with Gasteiger partial charge in [0.25, 0.3) is 0 Å². The summed E-state index contributed by atoms with van der Waals surface area (Å²) in [6.07, 6.45) is 0.785. The second-order valence-electron chi connectivity index (χ2n) is 3.01. The maximum Gasteiger partial charge on any atom is 2.00 e. The zero-order valence-electron chi connectivity index (χ0n) is 6.41. The van der Waals surface area contributed by atoms with Crippen molar-refractivity contribution in [3.8, 4) is 0 Å². The van der Waals surface area contributed by atoms with Gasteiger partial charge in [0.1, 0.15) is 0 Å². The van der Waals surface area contributed by atoms with Gasteiger partial charge in [-0.05, 0) is 5.41 Å². The molecule has 0 spiro atoms. The molecule has 0 aromatic rings. The molecule has 0 heterocycles. The van der Waals surface area contributed by atoms with E-state index in [4.69, 9.17) is 0 Å². The summed E-state index contributed by atoms with van der Waals surface area (Å²) in [5, 5.41) is 9.95. The Kier molecular flexibility index (Phi) is 14.1. The molecule has 0 saturated carbocycles. The maximum atomic E-state index is 9.95. The van der Waals surface area contributed by atoms with Crippen LogP contribution < -0.4 is 29.1 Å². The summed E-state index contributed by atoms with van der Waals surface area (Å²) in [4.78, 5) is 0. The predicted molar refractivity (Wildman–Crippen MR) is 34.7 cm³/mol. The van der Waals surface area contributed by atoms with Gasteiger partial charge in [0.05, 0.1) is 0 Å². The van der Waals surface area contributed by atoms with Crippen LogP contribution >= 0.6 is 0 Å². The predicted octanol–water partition coefficient (Wildman–Crippen LogP) is -2.59. The number of halogens is 1. The number of rotatable bonds is 1. The van der Waals surface area contributed by atoms with Gasteiger partial charge in [-0.25, -0.2) is 0 Å². The topological polar surface area (TPSA) is 23.1 Å². The van der Waals surface area contributed by atoms with Crippen molar-refractivity contribution >= 4 is 23.1 Å². The number of hydrogen-bond donors (Lipinski definition) is 0. The van der Waals surface area contributed by atoms with Gasteiger partial charge >= 0.3 is 23.1 Å². The van der Waals surface area contributed by atoms with E-state index in [0.717, 1.165) is 6.42 Å². The summed E-state index contributed by atoms with van der Waals surface area (Å²) in [5.41, 5.74) is 0.238. The van der Waals surface area contributed by atoms with Crippen molar-refractivity contribution in [3.63, 3.8) is 0 Å². The fourth-order valence-electron chi connectivity index (χ4n) is 0.306. The molecule has 0 fully saturated rings. The molecule has 0 aromatic carbocycles. The average Bonchev–Trinajstić information content (AvgIpc) is 1.30. The van der Waals surface area contributed by atoms with E-state index in [1.807, 2.05) is 0 Å². The van der Waals surface area contributed by atoms with Crippen molar-refractivity contribution in [2.24, 2.45) is 5.41 Å². The summed E-state index contributed by atoms with van der Waals surface area (Å²) in [6, 6.07) is 0. The van der Waals surface area contributed by atoms with Crippen molar-refractivity contribution in [1.82, 2.24) is 0 Å². The van der Waals surface area contributed by atoms with Crippen LogP contribution in [-0.2, 0) is 0 Å². The fraction of sp³-hybridized carbons (Fsp3) is 1.00. The molecule has 0 rings (SSSR count). The maximum absolute atomic E-state index is 9.95. The quantitative estimate of drug-likeness (QED) is 0.371. The zero-order chi connectivity index (χ0) is 5.91. The second kappa shape index (κ2) is 7.56. The smallest absolute Gasteiger partial charge is 1.00 e. The molecular weight excluding hydrogens is 239 g/mol.